The van der Waals surface area contributed by atoms with Crippen LogP contribution in [0.5, 0.6) is 0 Å². The first-order valence-corrected chi connectivity index (χ1v) is 7.74. The number of sulfonamides is 1. The number of hydrogen-bond acceptors (Lipinski definition) is 4. The number of anilines is 1. The van der Waals surface area contributed by atoms with Crippen LogP contribution in [-0.4, -0.2) is 25.4 Å². The van der Waals surface area contributed by atoms with Crippen molar-refractivity contribution in [1.82, 2.24) is 9.97 Å². The van der Waals surface area contributed by atoms with Gasteiger partial charge in [-0.05, 0) is 30.7 Å². The highest BCUT2D eigenvalue weighted by Crippen LogP contribution is 2.23. The summed E-state index contributed by atoms with van der Waals surface area (Å²) in [6.07, 6.45) is 2.60. The van der Waals surface area contributed by atoms with Crippen molar-refractivity contribution in [2.45, 2.75) is 11.8 Å². The molecule has 0 aliphatic carbocycles. The predicted molar refractivity (Wildman–Crippen MR) is 78.8 cm³/mol. The van der Waals surface area contributed by atoms with Crippen molar-refractivity contribution in [3.05, 3.63) is 46.3 Å². The zero-order chi connectivity index (χ0) is 14.9. The molecule has 0 atom stereocenters. The Labute approximate surface area is 127 Å². The van der Waals surface area contributed by atoms with Crippen molar-refractivity contribution >= 4 is 39.0 Å². The molecule has 2 aromatic rings. The summed E-state index contributed by atoms with van der Waals surface area (Å²) < 4.78 is 26.0. The Morgan fingerprint density at radius 2 is 1.85 bits per heavy atom. The van der Waals surface area contributed by atoms with Gasteiger partial charge in [0.15, 0.2) is 0 Å². The van der Waals surface area contributed by atoms with Gasteiger partial charge in [-0.25, -0.2) is 18.4 Å². The molecule has 0 amide bonds. The molecule has 2 heterocycles. The minimum absolute atomic E-state index is 0.0543. The fourth-order valence-corrected chi connectivity index (χ4v) is 2.91. The van der Waals surface area contributed by atoms with E-state index in [0.717, 1.165) is 4.31 Å². The quantitative estimate of drug-likeness (QED) is 0.811. The first kappa shape index (κ1) is 15.0. The number of aromatic nitrogens is 2. The smallest absolute Gasteiger partial charge is 0.253 e. The van der Waals surface area contributed by atoms with Gasteiger partial charge >= 0.3 is 0 Å². The van der Waals surface area contributed by atoms with Crippen LogP contribution in [0, 0.1) is 6.92 Å². The summed E-state index contributed by atoms with van der Waals surface area (Å²) in [6, 6.07) is 4.56. The molecule has 0 aliphatic rings. The Bertz CT molecular complexity index is 733. The molecule has 0 spiro atoms. The number of nitrogens with zero attached hydrogens (tertiary/aromatic N) is 3. The summed E-state index contributed by atoms with van der Waals surface area (Å²) in [5.74, 6) is 0.266. The second kappa shape index (κ2) is 5.55. The van der Waals surface area contributed by atoms with Crippen LogP contribution in [0.1, 0.15) is 5.56 Å². The number of aryl methyl sites for hydroxylation is 1. The van der Waals surface area contributed by atoms with Crippen LogP contribution in [0.2, 0.25) is 10.2 Å². The lowest BCUT2D eigenvalue weighted by Gasteiger charge is -2.18. The third kappa shape index (κ3) is 2.87. The molecular formula is C12H11Cl2N3O2S. The van der Waals surface area contributed by atoms with Crippen LogP contribution >= 0.6 is 23.2 Å². The van der Waals surface area contributed by atoms with Crippen molar-refractivity contribution < 1.29 is 8.42 Å². The zero-order valence-corrected chi connectivity index (χ0v) is 13.0. The second-order valence-corrected chi connectivity index (χ2v) is 6.85. The van der Waals surface area contributed by atoms with E-state index in [-0.39, 0.29) is 15.9 Å². The molecular weight excluding hydrogens is 321 g/mol. The minimum atomic E-state index is -3.74. The van der Waals surface area contributed by atoms with Crippen LogP contribution in [0.15, 0.2) is 35.5 Å². The van der Waals surface area contributed by atoms with Crippen molar-refractivity contribution in [2.24, 2.45) is 0 Å². The predicted octanol–water partition coefficient (Wildman–Crippen LogP) is 2.92. The van der Waals surface area contributed by atoms with Gasteiger partial charge in [0.2, 0.25) is 0 Å². The van der Waals surface area contributed by atoms with E-state index in [1.165, 1.54) is 31.6 Å². The maximum atomic E-state index is 12.5. The molecule has 0 bridgehead atoms. The fraction of sp³-hybridized carbons (Fsp3) is 0.167. The zero-order valence-electron chi connectivity index (χ0n) is 10.7. The van der Waals surface area contributed by atoms with Gasteiger partial charge in [-0.1, -0.05) is 23.2 Å². The first-order chi connectivity index (χ1) is 9.32. The Hall–Kier alpha value is -1.37. The Morgan fingerprint density at radius 3 is 2.40 bits per heavy atom. The second-order valence-electron chi connectivity index (χ2n) is 4.09. The molecule has 106 valence electrons. The molecule has 2 aromatic heterocycles. The van der Waals surface area contributed by atoms with E-state index in [2.05, 4.69) is 9.97 Å². The topological polar surface area (TPSA) is 63.2 Å². The number of hydrogen-bond donors (Lipinski definition) is 0. The van der Waals surface area contributed by atoms with Crippen LogP contribution in [0.25, 0.3) is 0 Å². The summed E-state index contributed by atoms with van der Waals surface area (Å²) in [7, 11) is -2.33. The monoisotopic (exact) mass is 331 g/mol. The fourth-order valence-electron chi connectivity index (χ4n) is 1.51. The Morgan fingerprint density at radius 1 is 1.15 bits per heavy atom. The minimum Gasteiger partial charge on any atom is -0.253 e. The molecule has 0 N–H and O–H groups in total. The van der Waals surface area contributed by atoms with Gasteiger partial charge in [-0.15, -0.1) is 0 Å². The molecule has 5 nitrogen and oxygen atoms in total. The highest BCUT2D eigenvalue weighted by molar-refractivity contribution is 7.92. The first-order valence-electron chi connectivity index (χ1n) is 5.55. The van der Waals surface area contributed by atoms with E-state index in [4.69, 9.17) is 23.2 Å². The molecule has 0 aliphatic heterocycles. The number of halogens is 2. The van der Waals surface area contributed by atoms with Crippen LogP contribution in [-0.2, 0) is 10.0 Å². The van der Waals surface area contributed by atoms with Crippen LogP contribution in [0.4, 0.5) is 5.82 Å². The summed E-state index contributed by atoms with van der Waals surface area (Å²) in [5, 5.41) is 0.708. The third-order valence-electron chi connectivity index (χ3n) is 2.68. The van der Waals surface area contributed by atoms with Crippen molar-refractivity contribution in [1.29, 1.82) is 0 Å². The van der Waals surface area contributed by atoms with Crippen molar-refractivity contribution in [2.75, 3.05) is 11.4 Å². The summed E-state index contributed by atoms with van der Waals surface area (Å²) in [6.45, 7) is 1.69. The van der Waals surface area contributed by atoms with Crippen LogP contribution in [0.3, 0.4) is 0 Å². The van der Waals surface area contributed by atoms with Crippen molar-refractivity contribution in [3.8, 4) is 0 Å². The average Bonchev–Trinajstić information content (AvgIpc) is 2.41. The molecule has 0 unspecified atom stereocenters. The largest absolute Gasteiger partial charge is 0.266 e. The lowest BCUT2D eigenvalue weighted by atomic mass is 10.3. The SMILES string of the molecule is Cc1cc(S(=O)(=O)N(C)c2ccc(Cl)cn2)cnc1Cl. The lowest BCUT2D eigenvalue weighted by Crippen LogP contribution is -2.27. The van der Waals surface area contributed by atoms with E-state index in [0.29, 0.717) is 10.6 Å². The summed E-state index contributed by atoms with van der Waals surface area (Å²) in [4.78, 5) is 7.89. The molecule has 0 saturated carbocycles. The van der Waals surface area contributed by atoms with Crippen LogP contribution < -0.4 is 4.31 Å². The summed E-state index contributed by atoms with van der Waals surface area (Å²) >= 11 is 11.5. The Kier molecular flexibility index (Phi) is 4.17. The molecule has 20 heavy (non-hydrogen) atoms. The Balaban J connectivity index is 2.43. The van der Waals surface area contributed by atoms with E-state index in [1.54, 1.807) is 13.0 Å². The molecule has 8 heteroatoms. The standard InChI is InChI=1S/C12H11Cl2N3O2S/c1-8-5-10(7-16-12(8)14)20(18,19)17(2)11-4-3-9(13)6-15-11/h3-7H,1-2H3. The van der Waals surface area contributed by atoms with Gasteiger partial charge in [0, 0.05) is 19.4 Å². The van der Waals surface area contributed by atoms with Gasteiger partial charge in [-0.3, -0.25) is 4.31 Å². The van der Waals surface area contributed by atoms with Gasteiger partial charge in [0.05, 0.1) is 5.02 Å². The van der Waals surface area contributed by atoms with E-state index >= 15 is 0 Å². The average molecular weight is 332 g/mol. The summed E-state index contributed by atoms with van der Waals surface area (Å²) in [5.41, 5.74) is 0.588. The molecule has 0 saturated heterocycles. The number of pyridine rings is 2. The molecule has 0 radical (unpaired) electrons. The molecule has 2 rings (SSSR count). The molecule has 0 fully saturated rings. The van der Waals surface area contributed by atoms with E-state index in [1.807, 2.05) is 0 Å². The highest BCUT2D eigenvalue weighted by atomic mass is 35.5. The van der Waals surface area contributed by atoms with Gasteiger partial charge < -0.3 is 0 Å². The van der Waals surface area contributed by atoms with Crippen molar-refractivity contribution in [3.63, 3.8) is 0 Å². The maximum absolute atomic E-state index is 12.5. The van der Waals surface area contributed by atoms with Gasteiger partial charge in [0.1, 0.15) is 15.9 Å². The van der Waals surface area contributed by atoms with Gasteiger partial charge in [-0.2, -0.15) is 0 Å². The van der Waals surface area contributed by atoms with E-state index < -0.39 is 10.0 Å². The molecule has 0 aromatic carbocycles. The number of rotatable bonds is 3. The third-order valence-corrected chi connectivity index (χ3v) is 5.03. The van der Waals surface area contributed by atoms with Gasteiger partial charge in [0.25, 0.3) is 10.0 Å². The normalized spacial score (nSPS) is 11.4. The lowest BCUT2D eigenvalue weighted by molar-refractivity contribution is 0.593. The maximum Gasteiger partial charge on any atom is 0.266 e. The highest BCUT2D eigenvalue weighted by Gasteiger charge is 2.23. The van der Waals surface area contributed by atoms with E-state index in [9.17, 15) is 8.42 Å².